The van der Waals surface area contributed by atoms with Gasteiger partial charge >= 0.3 is 0 Å². The standard InChI is InChI=1S/C11H15FIN3O/c1-3-15-11(17)6(2)16-10-4-7(12)8(13)5-9(10)14/h4-6,16H,3,14H2,1-2H3,(H,15,17). The molecule has 0 aliphatic heterocycles. The van der Waals surface area contributed by atoms with Crippen molar-refractivity contribution in [2.75, 3.05) is 17.6 Å². The minimum atomic E-state index is -0.461. The molecule has 1 aromatic carbocycles. The van der Waals surface area contributed by atoms with Crippen molar-refractivity contribution < 1.29 is 9.18 Å². The van der Waals surface area contributed by atoms with Crippen LogP contribution in [-0.4, -0.2) is 18.5 Å². The lowest BCUT2D eigenvalue weighted by molar-refractivity contribution is -0.121. The van der Waals surface area contributed by atoms with E-state index in [-0.39, 0.29) is 11.7 Å². The molecule has 6 heteroatoms. The summed E-state index contributed by atoms with van der Waals surface area (Å²) in [5.41, 5.74) is 6.60. The number of hydrogen-bond acceptors (Lipinski definition) is 3. The van der Waals surface area contributed by atoms with Gasteiger partial charge in [0.05, 0.1) is 14.9 Å². The van der Waals surface area contributed by atoms with Crippen LogP contribution in [0.1, 0.15) is 13.8 Å². The van der Waals surface area contributed by atoms with Crippen LogP contribution < -0.4 is 16.4 Å². The van der Waals surface area contributed by atoms with Gasteiger partial charge in [-0.25, -0.2) is 4.39 Å². The Kier molecular flexibility index (Phi) is 4.98. The van der Waals surface area contributed by atoms with Crippen LogP contribution >= 0.6 is 22.6 Å². The van der Waals surface area contributed by atoms with Gasteiger partial charge in [-0.15, -0.1) is 0 Å². The van der Waals surface area contributed by atoms with Crippen molar-refractivity contribution in [1.29, 1.82) is 0 Å². The number of carbonyl (C=O) groups is 1. The topological polar surface area (TPSA) is 67.2 Å². The largest absolute Gasteiger partial charge is 0.397 e. The third-order valence-corrected chi connectivity index (χ3v) is 3.04. The molecule has 4 N–H and O–H groups in total. The average Bonchev–Trinajstić information content (AvgIpc) is 2.26. The molecule has 0 aromatic heterocycles. The Hall–Kier alpha value is -1.05. The van der Waals surface area contributed by atoms with Gasteiger partial charge in [0, 0.05) is 12.6 Å². The Labute approximate surface area is 113 Å². The van der Waals surface area contributed by atoms with Gasteiger partial charge in [-0.2, -0.15) is 0 Å². The van der Waals surface area contributed by atoms with E-state index in [1.165, 1.54) is 12.1 Å². The lowest BCUT2D eigenvalue weighted by Gasteiger charge is -2.16. The first kappa shape index (κ1) is 14.0. The summed E-state index contributed by atoms with van der Waals surface area (Å²) in [5.74, 6) is -0.503. The van der Waals surface area contributed by atoms with Gasteiger partial charge < -0.3 is 16.4 Å². The van der Waals surface area contributed by atoms with Crippen molar-refractivity contribution in [2.45, 2.75) is 19.9 Å². The van der Waals surface area contributed by atoms with Crippen molar-refractivity contribution >= 4 is 39.9 Å². The average molecular weight is 351 g/mol. The number of halogens is 2. The summed E-state index contributed by atoms with van der Waals surface area (Å²) in [7, 11) is 0. The van der Waals surface area contributed by atoms with E-state index in [1.54, 1.807) is 6.92 Å². The highest BCUT2D eigenvalue weighted by atomic mass is 127. The molecule has 0 fully saturated rings. The van der Waals surface area contributed by atoms with Crippen LogP contribution in [0.15, 0.2) is 12.1 Å². The number of nitrogen functional groups attached to an aromatic ring is 1. The Balaban J connectivity index is 2.81. The van der Waals surface area contributed by atoms with Gasteiger partial charge in [-0.1, -0.05) is 0 Å². The molecule has 1 rings (SSSR count). The van der Waals surface area contributed by atoms with Crippen LogP contribution in [0.3, 0.4) is 0 Å². The lowest BCUT2D eigenvalue weighted by Crippen LogP contribution is -2.37. The summed E-state index contributed by atoms with van der Waals surface area (Å²) in [5, 5.41) is 5.56. The maximum absolute atomic E-state index is 13.4. The predicted octanol–water partition coefficient (Wildman–Crippen LogP) is 1.95. The van der Waals surface area contributed by atoms with Crippen molar-refractivity contribution in [2.24, 2.45) is 0 Å². The molecule has 0 aliphatic rings. The van der Waals surface area contributed by atoms with Gasteiger partial charge in [-0.05, 0) is 42.5 Å². The van der Waals surface area contributed by atoms with E-state index >= 15 is 0 Å². The van der Waals surface area contributed by atoms with Crippen LogP contribution in [0.2, 0.25) is 0 Å². The highest BCUT2D eigenvalue weighted by Crippen LogP contribution is 2.24. The second-order valence-corrected chi connectivity index (χ2v) is 4.78. The van der Waals surface area contributed by atoms with Crippen molar-refractivity contribution in [3.8, 4) is 0 Å². The molecule has 0 saturated heterocycles. The van der Waals surface area contributed by atoms with Gasteiger partial charge in [-0.3, -0.25) is 4.79 Å². The summed E-state index contributed by atoms with van der Waals surface area (Å²) in [6, 6.07) is 2.37. The normalized spacial score (nSPS) is 12.0. The number of nitrogens with one attached hydrogen (secondary N) is 2. The Morgan fingerprint density at radius 1 is 1.59 bits per heavy atom. The summed E-state index contributed by atoms with van der Waals surface area (Å²) >= 11 is 1.87. The highest BCUT2D eigenvalue weighted by molar-refractivity contribution is 14.1. The van der Waals surface area contributed by atoms with E-state index in [1.807, 2.05) is 29.5 Å². The summed E-state index contributed by atoms with van der Waals surface area (Å²) in [4.78, 5) is 11.5. The van der Waals surface area contributed by atoms with E-state index in [2.05, 4.69) is 10.6 Å². The first-order valence-electron chi connectivity index (χ1n) is 5.24. The van der Waals surface area contributed by atoms with E-state index in [0.717, 1.165) is 0 Å². The fraction of sp³-hybridized carbons (Fsp3) is 0.364. The van der Waals surface area contributed by atoms with E-state index in [0.29, 0.717) is 21.5 Å². The molecule has 0 spiro atoms. The third-order valence-electron chi connectivity index (χ3n) is 2.21. The van der Waals surface area contributed by atoms with Crippen LogP contribution in [-0.2, 0) is 4.79 Å². The number of anilines is 2. The molecule has 0 saturated carbocycles. The first-order valence-corrected chi connectivity index (χ1v) is 6.32. The van der Waals surface area contributed by atoms with Crippen molar-refractivity contribution in [3.63, 3.8) is 0 Å². The molecule has 1 unspecified atom stereocenters. The van der Waals surface area contributed by atoms with Gasteiger partial charge in [0.15, 0.2) is 0 Å². The number of carbonyl (C=O) groups excluding carboxylic acids is 1. The van der Waals surface area contributed by atoms with Crippen LogP contribution in [0.5, 0.6) is 0 Å². The zero-order valence-corrected chi connectivity index (χ0v) is 11.8. The molecule has 0 bridgehead atoms. The molecule has 4 nitrogen and oxygen atoms in total. The monoisotopic (exact) mass is 351 g/mol. The number of rotatable bonds is 4. The second kappa shape index (κ2) is 6.04. The minimum absolute atomic E-state index is 0.147. The SMILES string of the molecule is CCNC(=O)C(C)Nc1cc(F)c(I)cc1N. The molecule has 0 heterocycles. The van der Waals surface area contributed by atoms with E-state index in [4.69, 9.17) is 5.73 Å². The summed E-state index contributed by atoms with van der Waals surface area (Å²) in [6.07, 6.45) is 0. The maximum Gasteiger partial charge on any atom is 0.242 e. The van der Waals surface area contributed by atoms with Crippen molar-refractivity contribution in [1.82, 2.24) is 5.32 Å². The van der Waals surface area contributed by atoms with Crippen LogP contribution in [0, 0.1) is 9.39 Å². The molecule has 1 amide bonds. The fourth-order valence-corrected chi connectivity index (χ4v) is 1.80. The van der Waals surface area contributed by atoms with Gasteiger partial charge in [0.25, 0.3) is 0 Å². The quantitative estimate of drug-likeness (QED) is 0.574. The number of benzene rings is 1. The number of hydrogen-bond donors (Lipinski definition) is 3. The molecule has 0 radical (unpaired) electrons. The molecule has 17 heavy (non-hydrogen) atoms. The Morgan fingerprint density at radius 2 is 2.24 bits per heavy atom. The highest BCUT2D eigenvalue weighted by Gasteiger charge is 2.14. The zero-order chi connectivity index (χ0) is 13.0. The first-order chi connectivity index (χ1) is 7.95. The Morgan fingerprint density at radius 3 is 2.82 bits per heavy atom. The summed E-state index contributed by atoms with van der Waals surface area (Å²) in [6.45, 7) is 4.09. The molecule has 94 valence electrons. The van der Waals surface area contributed by atoms with Gasteiger partial charge in [0.1, 0.15) is 11.9 Å². The van der Waals surface area contributed by atoms with Crippen LogP contribution in [0.25, 0.3) is 0 Å². The number of likely N-dealkylation sites (N-methyl/N-ethyl adjacent to an activating group) is 1. The minimum Gasteiger partial charge on any atom is -0.397 e. The molecular formula is C11H15FIN3O. The third kappa shape index (κ3) is 3.72. The predicted molar refractivity (Wildman–Crippen MR) is 75.3 cm³/mol. The zero-order valence-electron chi connectivity index (χ0n) is 9.68. The molecule has 1 atom stereocenters. The molecule has 0 aliphatic carbocycles. The number of amides is 1. The van der Waals surface area contributed by atoms with Gasteiger partial charge in [0.2, 0.25) is 5.91 Å². The fourth-order valence-electron chi connectivity index (χ4n) is 1.31. The summed E-state index contributed by atoms with van der Waals surface area (Å²) < 4.78 is 13.8. The lowest BCUT2D eigenvalue weighted by atomic mass is 10.2. The van der Waals surface area contributed by atoms with Crippen molar-refractivity contribution in [3.05, 3.63) is 21.5 Å². The molecular weight excluding hydrogens is 336 g/mol. The maximum atomic E-state index is 13.4. The van der Waals surface area contributed by atoms with Crippen LogP contribution in [0.4, 0.5) is 15.8 Å². The Bertz CT molecular complexity index is 425. The smallest absolute Gasteiger partial charge is 0.242 e. The van der Waals surface area contributed by atoms with E-state index in [9.17, 15) is 9.18 Å². The number of nitrogens with two attached hydrogens (primary N) is 1. The molecule has 1 aromatic rings. The van der Waals surface area contributed by atoms with E-state index < -0.39 is 6.04 Å². The second-order valence-electron chi connectivity index (χ2n) is 3.61.